The summed E-state index contributed by atoms with van der Waals surface area (Å²) in [6.45, 7) is 8.47. The number of nitrogens with zero attached hydrogens (tertiary/aromatic N) is 4. The molecule has 27 heavy (non-hydrogen) atoms. The third kappa shape index (κ3) is 6.34. The maximum absolute atomic E-state index is 4.63. The Morgan fingerprint density at radius 2 is 1.81 bits per heavy atom. The minimum absolute atomic E-state index is 0. The summed E-state index contributed by atoms with van der Waals surface area (Å²) in [6, 6.07) is 8.33. The zero-order valence-electron chi connectivity index (χ0n) is 16.6. The van der Waals surface area contributed by atoms with E-state index in [-0.39, 0.29) is 24.0 Å². The van der Waals surface area contributed by atoms with Crippen molar-refractivity contribution in [1.82, 2.24) is 25.1 Å². The van der Waals surface area contributed by atoms with Crippen LogP contribution in [0.2, 0.25) is 0 Å². The fourth-order valence-electron chi connectivity index (χ4n) is 3.66. The van der Waals surface area contributed by atoms with Crippen molar-refractivity contribution >= 4 is 41.0 Å². The summed E-state index contributed by atoms with van der Waals surface area (Å²) in [7, 11) is 1.84. The molecule has 1 fully saturated rings. The Morgan fingerprint density at radius 1 is 1.07 bits per heavy atom. The second kappa shape index (κ2) is 11.5. The van der Waals surface area contributed by atoms with Crippen LogP contribution in [0.4, 0.5) is 0 Å². The Kier molecular flexibility index (Phi) is 9.33. The van der Waals surface area contributed by atoms with E-state index in [9.17, 15) is 0 Å². The molecular weight excluding hydrogens is 451 g/mol. The molecule has 0 saturated carbocycles. The van der Waals surface area contributed by atoms with Crippen molar-refractivity contribution in [3.63, 3.8) is 0 Å². The highest BCUT2D eigenvalue weighted by molar-refractivity contribution is 14.0. The highest BCUT2D eigenvalue weighted by atomic mass is 127. The number of nitrogens with one attached hydrogen (secondary N) is 2. The van der Waals surface area contributed by atoms with Gasteiger partial charge in [-0.15, -0.1) is 24.0 Å². The molecule has 0 spiro atoms. The number of aromatic nitrogens is 2. The number of fused-ring (bicyclic) bond motifs is 1. The van der Waals surface area contributed by atoms with Crippen LogP contribution >= 0.6 is 24.0 Å². The molecule has 7 heteroatoms. The summed E-state index contributed by atoms with van der Waals surface area (Å²) >= 11 is 0. The number of hydrogen-bond acceptors (Lipinski definition) is 3. The van der Waals surface area contributed by atoms with Crippen LogP contribution in [-0.4, -0.2) is 60.2 Å². The van der Waals surface area contributed by atoms with Crippen molar-refractivity contribution in [3.8, 4) is 0 Å². The largest absolute Gasteiger partial charge is 0.356 e. The van der Waals surface area contributed by atoms with E-state index in [1.807, 2.05) is 13.1 Å². The number of rotatable bonds is 7. The third-order valence-corrected chi connectivity index (χ3v) is 5.09. The van der Waals surface area contributed by atoms with Crippen LogP contribution in [0.3, 0.4) is 0 Å². The molecule has 6 nitrogen and oxygen atoms in total. The minimum atomic E-state index is 0. The molecule has 1 saturated heterocycles. The number of imidazole rings is 1. The van der Waals surface area contributed by atoms with Gasteiger partial charge in [0.05, 0.1) is 11.0 Å². The molecule has 0 amide bonds. The average molecular weight is 484 g/mol. The highest BCUT2D eigenvalue weighted by Crippen LogP contribution is 2.15. The Labute approximate surface area is 179 Å². The zero-order chi connectivity index (χ0) is 18.2. The first-order chi connectivity index (χ1) is 12.8. The molecule has 2 N–H and O–H groups in total. The average Bonchev–Trinajstić information content (AvgIpc) is 2.99. The first kappa shape index (κ1) is 21.9. The Hall–Kier alpha value is -1.35. The van der Waals surface area contributed by atoms with E-state index < -0.39 is 0 Å². The normalized spacial score (nSPS) is 15.6. The number of guanidine groups is 1. The van der Waals surface area contributed by atoms with Crippen LogP contribution < -0.4 is 10.6 Å². The molecule has 0 bridgehead atoms. The fraction of sp³-hybridized carbons (Fsp3) is 0.600. The van der Waals surface area contributed by atoms with Crippen LogP contribution in [0, 0.1) is 6.92 Å². The Balaban J connectivity index is 0.00000261. The molecule has 0 atom stereocenters. The Bertz CT molecular complexity index is 720. The molecule has 2 aromatic rings. The second-order valence-corrected chi connectivity index (χ2v) is 6.98. The van der Waals surface area contributed by atoms with Crippen LogP contribution in [0.25, 0.3) is 11.0 Å². The molecule has 1 aliphatic rings. The van der Waals surface area contributed by atoms with Gasteiger partial charge in [0.25, 0.3) is 0 Å². The maximum Gasteiger partial charge on any atom is 0.191 e. The highest BCUT2D eigenvalue weighted by Gasteiger charge is 2.09. The number of aliphatic imine (C=N–C) groups is 1. The lowest BCUT2D eigenvalue weighted by Crippen LogP contribution is -2.43. The first-order valence-electron chi connectivity index (χ1n) is 9.86. The van der Waals surface area contributed by atoms with Crippen molar-refractivity contribution in [3.05, 3.63) is 30.1 Å². The van der Waals surface area contributed by atoms with Gasteiger partial charge in [-0.25, -0.2) is 4.98 Å². The minimum Gasteiger partial charge on any atom is -0.356 e. The summed E-state index contributed by atoms with van der Waals surface area (Å²) in [5.74, 6) is 1.98. The number of piperidine rings is 1. The summed E-state index contributed by atoms with van der Waals surface area (Å²) in [5, 5.41) is 6.85. The van der Waals surface area contributed by atoms with Gasteiger partial charge in [-0.05, 0) is 51.4 Å². The summed E-state index contributed by atoms with van der Waals surface area (Å²) in [5.41, 5.74) is 2.29. The molecule has 1 aromatic carbocycles. The van der Waals surface area contributed by atoms with Gasteiger partial charge in [-0.2, -0.15) is 0 Å². The molecule has 0 aliphatic carbocycles. The number of para-hydroxylation sites is 2. The van der Waals surface area contributed by atoms with Crippen LogP contribution in [0.5, 0.6) is 0 Å². The topological polar surface area (TPSA) is 57.5 Å². The number of hydrogen-bond donors (Lipinski definition) is 2. The lowest BCUT2D eigenvalue weighted by molar-refractivity contribution is 0.232. The second-order valence-electron chi connectivity index (χ2n) is 6.98. The first-order valence-corrected chi connectivity index (χ1v) is 9.86. The van der Waals surface area contributed by atoms with Crippen molar-refractivity contribution in [2.75, 3.05) is 39.8 Å². The van der Waals surface area contributed by atoms with E-state index in [0.717, 1.165) is 49.9 Å². The quantitative estimate of drug-likeness (QED) is 0.275. The SMILES string of the molecule is CN=C(NCCCn1c(C)nc2ccccc21)NCCN1CCCCC1.I. The summed E-state index contributed by atoms with van der Waals surface area (Å²) < 4.78 is 2.30. The summed E-state index contributed by atoms with van der Waals surface area (Å²) in [4.78, 5) is 11.5. The van der Waals surface area contributed by atoms with E-state index >= 15 is 0 Å². The molecule has 3 rings (SSSR count). The van der Waals surface area contributed by atoms with Gasteiger partial charge in [0.2, 0.25) is 0 Å². The third-order valence-electron chi connectivity index (χ3n) is 5.09. The van der Waals surface area contributed by atoms with E-state index in [2.05, 4.69) is 55.2 Å². The lowest BCUT2D eigenvalue weighted by atomic mass is 10.1. The van der Waals surface area contributed by atoms with Crippen LogP contribution in [0.15, 0.2) is 29.3 Å². The molecule has 2 heterocycles. The monoisotopic (exact) mass is 484 g/mol. The van der Waals surface area contributed by atoms with Crippen LogP contribution in [-0.2, 0) is 6.54 Å². The number of benzene rings is 1. The summed E-state index contributed by atoms with van der Waals surface area (Å²) in [6.07, 6.45) is 5.11. The van der Waals surface area contributed by atoms with Crippen molar-refractivity contribution < 1.29 is 0 Å². The van der Waals surface area contributed by atoms with Gasteiger partial charge < -0.3 is 20.1 Å². The molecule has 150 valence electrons. The van der Waals surface area contributed by atoms with Gasteiger partial charge >= 0.3 is 0 Å². The molecule has 1 aliphatic heterocycles. The molecule has 0 radical (unpaired) electrons. The van der Waals surface area contributed by atoms with Crippen molar-refractivity contribution in [2.24, 2.45) is 4.99 Å². The van der Waals surface area contributed by atoms with Crippen molar-refractivity contribution in [1.29, 1.82) is 0 Å². The lowest BCUT2D eigenvalue weighted by Gasteiger charge is -2.26. The van der Waals surface area contributed by atoms with E-state index in [1.165, 1.54) is 37.9 Å². The predicted octanol–water partition coefficient (Wildman–Crippen LogP) is 3.00. The smallest absolute Gasteiger partial charge is 0.191 e. The maximum atomic E-state index is 4.63. The molecule has 1 aromatic heterocycles. The van der Waals surface area contributed by atoms with E-state index in [0.29, 0.717) is 0 Å². The number of likely N-dealkylation sites (tertiary alicyclic amines) is 1. The van der Waals surface area contributed by atoms with Gasteiger partial charge in [-0.3, -0.25) is 4.99 Å². The standard InChI is InChI=1S/C20H32N6.HI/c1-17-24-18-9-4-5-10-19(18)26(17)15-8-11-22-20(21-2)23-12-16-25-13-6-3-7-14-25;/h4-5,9-10H,3,6-8,11-16H2,1-2H3,(H2,21,22,23);1H. The molecule has 0 unspecified atom stereocenters. The van der Waals surface area contributed by atoms with Gasteiger partial charge in [0.15, 0.2) is 5.96 Å². The van der Waals surface area contributed by atoms with E-state index in [4.69, 9.17) is 0 Å². The van der Waals surface area contributed by atoms with Crippen LogP contribution in [0.1, 0.15) is 31.5 Å². The van der Waals surface area contributed by atoms with Crippen molar-refractivity contribution in [2.45, 2.75) is 39.2 Å². The van der Waals surface area contributed by atoms with E-state index in [1.54, 1.807) is 0 Å². The zero-order valence-corrected chi connectivity index (χ0v) is 18.9. The van der Waals surface area contributed by atoms with Gasteiger partial charge in [-0.1, -0.05) is 18.6 Å². The van der Waals surface area contributed by atoms with Gasteiger partial charge in [0.1, 0.15) is 5.82 Å². The fourth-order valence-corrected chi connectivity index (χ4v) is 3.66. The molecular formula is C20H33IN6. The number of aryl methyl sites for hydroxylation is 2. The number of halogens is 1. The predicted molar refractivity (Wildman–Crippen MR) is 124 cm³/mol. The van der Waals surface area contributed by atoms with Gasteiger partial charge in [0, 0.05) is 33.2 Å². The Morgan fingerprint density at radius 3 is 2.59 bits per heavy atom.